The monoisotopic (exact) mass is 455 g/mol. The normalized spacial score (nSPS) is 14.4. The number of rotatable bonds is 7. The summed E-state index contributed by atoms with van der Waals surface area (Å²) in [4.78, 5) is 21.9. The second-order valence-corrected chi connectivity index (χ2v) is 8.10. The Bertz CT molecular complexity index is 989. The number of piperidine rings is 1. The molecule has 7 nitrogen and oxygen atoms in total. The van der Waals surface area contributed by atoms with Crippen molar-refractivity contribution in [1.29, 1.82) is 0 Å². The molecule has 0 radical (unpaired) electrons. The van der Waals surface area contributed by atoms with Crippen LogP contribution >= 0.6 is 12.4 Å². The summed E-state index contributed by atoms with van der Waals surface area (Å²) in [6.45, 7) is 2.34. The van der Waals surface area contributed by atoms with Crippen molar-refractivity contribution in [1.82, 2.24) is 25.0 Å². The molecule has 2 N–H and O–H groups in total. The zero-order valence-corrected chi connectivity index (χ0v) is 19.1. The molecule has 4 rings (SSSR count). The van der Waals surface area contributed by atoms with Crippen LogP contribution in [0, 0.1) is 0 Å². The number of amides is 1. The molecule has 0 spiro atoms. The molecule has 1 aliphatic heterocycles. The number of aliphatic hydroxyl groups is 1. The number of benzene rings is 2. The summed E-state index contributed by atoms with van der Waals surface area (Å²) in [5, 5.41) is 16.4. The van der Waals surface area contributed by atoms with E-state index in [9.17, 15) is 9.90 Å². The lowest BCUT2D eigenvalue weighted by atomic mass is 9.99. The van der Waals surface area contributed by atoms with Crippen LogP contribution in [0.2, 0.25) is 0 Å². The summed E-state index contributed by atoms with van der Waals surface area (Å²) in [6, 6.07) is 16.4. The van der Waals surface area contributed by atoms with Crippen molar-refractivity contribution < 1.29 is 9.90 Å². The highest BCUT2D eigenvalue weighted by Gasteiger charge is 2.27. The van der Waals surface area contributed by atoms with E-state index in [-0.39, 0.29) is 24.9 Å². The van der Waals surface area contributed by atoms with Crippen LogP contribution in [0.25, 0.3) is 11.4 Å². The molecule has 170 valence electrons. The highest BCUT2D eigenvalue weighted by atomic mass is 35.5. The van der Waals surface area contributed by atoms with Crippen molar-refractivity contribution in [2.75, 3.05) is 26.7 Å². The molecule has 1 fully saturated rings. The van der Waals surface area contributed by atoms with E-state index in [0.29, 0.717) is 28.6 Å². The Hall–Kier alpha value is -2.74. The van der Waals surface area contributed by atoms with Crippen molar-refractivity contribution in [3.05, 3.63) is 71.5 Å². The lowest BCUT2D eigenvalue weighted by molar-refractivity contribution is 0.0647. The smallest absolute Gasteiger partial charge is 0.254 e. The molecule has 1 amide bonds. The Labute approximate surface area is 194 Å². The Morgan fingerprint density at radius 3 is 2.56 bits per heavy atom. The van der Waals surface area contributed by atoms with Gasteiger partial charge in [0.15, 0.2) is 5.82 Å². The van der Waals surface area contributed by atoms with E-state index in [0.717, 1.165) is 38.9 Å². The maximum Gasteiger partial charge on any atom is 0.254 e. The number of likely N-dealkylation sites (tertiary alicyclic amines) is 1. The molecule has 0 bridgehead atoms. The number of hydrogen-bond acceptors (Lipinski definition) is 5. The fourth-order valence-electron chi connectivity index (χ4n) is 4.21. The maximum atomic E-state index is 13.3. The van der Waals surface area contributed by atoms with Gasteiger partial charge in [-0.3, -0.25) is 9.89 Å². The Morgan fingerprint density at radius 2 is 1.91 bits per heavy atom. The molecule has 2 aromatic carbocycles. The number of carbonyl (C=O) groups excluding carboxylic acids is 1. The highest BCUT2D eigenvalue weighted by Crippen LogP contribution is 2.25. The van der Waals surface area contributed by atoms with Gasteiger partial charge in [-0.15, -0.1) is 12.4 Å². The van der Waals surface area contributed by atoms with Crippen LogP contribution in [-0.4, -0.2) is 68.7 Å². The van der Waals surface area contributed by atoms with Gasteiger partial charge in [0.25, 0.3) is 5.91 Å². The van der Waals surface area contributed by atoms with E-state index in [1.807, 2.05) is 17.0 Å². The van der Waals surface area contributed by atoms with Gasteiger partial charge in [-0.25, -0.2) is 4.98 Å². The standard InChI is InChI=1S/C24H29N5O2.ClH/c1-28(12-9-18-5-3-2-4-6-18)20-10-13-29(14-11-20)24(31)22-15-19(16-30)7-8-21(22)23-25-17-26-27-23;/h2-8,15,17,20,30H,9-14,16H2,1H3,(H,25,26,27);1H. The molecule has 3 aromatic rings. The van der Waals surface area contributed by atoms with Gasteiger partial charge in [0.05, 0.1) is 12.2 Å². The van der Waals surface area contributed by atoms with E-state index in [2.05, 4.69) is 51.4 Å². The second kappa shape index (κ2) is 11.2. The summed E-state index contributed by atoms with van der Waals surface area (Å²) in [6.07, 6.45) is 4.43. The third-order valence-electron chi connectivity index (χ3n) is 6.12. The Balaban J connectivity index is 0.00000289. The van der Waals surface area contributed by atoms with Gasteiger partial charge in [-0.2, -0.15) is 5.10 Å². The van der Waals surface area contributed by atoms with E-state index in [1.165, 1.54) is 11.9 Å². The first kappa shape index (κ1) is 23.9. The molecule has 2 heterocycles. The number of halogens is 1. The van der Waals surface area contributed by atoms with Crippen molar-refractivity contribution in [3.63, 3.8) is 0 Å². The average molecular weight is 456 g/mol. The lowest BCUT2D eigenvalue weighted by Gasteiger charge is -2.37. The minimum atomic E-state index is -0.108. The molecule has 0 unspecified atom stereocenters. The predicted octanol–water partition coefficient (Wildman–Crippen LogP) is 3.16. The first-order chi connectivity index (χ1) is 15.2. The van der Waals surface area contributed by atoms with Crippen LogP contribution in [0.15, 0.2) is 54.9 Å². The van der Waals surface area contributed by atoms with Crippen LogP contribution in [0.4, 0.5) is 0 Å². The zero-order chi connectivity index (χ0) is 21.6. The molecule has 1 saturated heterocycles. The number of nitrogens with one attached hydrogen (secondary N) is 1. The highest BCUT2D eigenvalue weighted by molar-refractivity contribution is 6.00. The number of aromatic amines is 1. The van der Waals surface area contributed by atoms with Crippen LogP contribution in [0.3, 0.4) is 0 Å². The van der Waals surface area contributed by atoms with Crippen molar-refractivity contribution in [3.8, 4) is 11.4 Å². The maximum absolute atomic E-state index is 13.3. The second-order valence-electron chi connectivity index (χ2n) is 8.10. The largest absolute Gasteiger partial charge is 0.392 e. The van der Waals surface area contributed by atoms with E-state index in [1.54, 1.807) is 12.1 Å². The van der Waals surface area contributed by atoms with Crippen LogP contribution < -0.4 is 0 Å². The summed E-state index contributed by atoms with van der Waals surface area (Å²) in [5.74, 6) is 0.462. The zero-order valence-electron chi connectivity index (χ0n) is 18.3. The Morgan fingerprint density at radius 1 is 1.16 bits per heavy atom. The van der Waals surface area contributed by atoms with Crippen molar-refractivity contribution >= 4 is 18.3 Å². The summed E-state index contributed by atoms with van der Waals surface area (Å²) in [7, 11) is 2.18. The Kier molecular flexibility index (Phi) is 8.39. The van der Waals surface area contributed by atoms with Crippen LogP contribution in [-0.2, 0) is 13.0 Å². The fraction of sp³-hybridized carbons (Fsp3) is 0.375. The molecule has 0 atom stereocenters. The minimum Gasteiger partial charge on any atom is -0.392 e. The molecule has 8 heteroatoms. The number of H-pyrrole nitrogens is 1. The van der Waals surface area contributed by atoms with Gasteiger partial charge in [-0.1, -0.05) is 36.4 Å². The van der Waals surface area contributed by atoms with Gasteiger partial charge in [-0.05, 0) is 49.6 Å². The number of carbonyl (C=O) groups is 1. The quantitative estimate of drug-likeness (QED) is 0.571. The van der Waals surface area contributed by atoms with E-state index < -0.39 is 0 Å². The van der Waals surface area contributed by atoms with Crippen LogP contribution in [0.5, 0.6) is 0 Å². The molecular formula is C24H30ClN5O2. The molecule has 0 aliphatic carbocycles. The summed E-state index contributed by atoms with van der Waals surface area (Å²) >= 11 is 0. The van der Waals surface area contributed by atoms with Gasteiger partial charge in [0, 0.05) is 31.2 Å². The van der Waals surface area contributed by atoms with Crippen molar-refractivity contribution in [2.45, 2.75) is 31.9 Å². The van der Waals surface area contributed by atoms with Gasteiger partial charge in [0.1, 0.15) is 6.33 Å². The number of aliphatic hydroxyl groups excluding tert-OH is 1. The van der Waals surface area contributed by atoms with Gasteiger partial charge in [0.2, 0.25) is 0 Å². The van der Waals surface area contributed by atoms with Crippen LogP contribution in [0.1, 0.15) is 34.3 Å². The number of hydrogen-bond donors (Lipinski definition) is 2. The third kappa shape index (κ3) is 5.54. The number of nitrogens with zero attached hydrogens (tertiary/aromatic N) is 4. The number of aromatic nitrogens is 3. The minimum absolute atomic E-state index is 0. The lowest BCUT2D eigenvalue weighted by Crippen LogP contribution is -2.46. The van der Waals surface area contributed by atoms with Gasteiger partial charge >= 0.3 is 0 Å². The molecule has 1 aromatic heterocycles. The average Bonchev–Trinajstić information content (AvgIpc) is 3.37. The third-order valence-corrected chi connectivity index (χ3v) is 6.12. The van der Waals surface area contributed by atoms with E-state index >= 15 is 0 Å². The molecule has 32 heavy (non-hydrogen) atoms. The summed E-state index contributed by atoms with van der Waals surface area (Å²) in [5.41, 5.74) is 3.29. The first-order valence-electron chi connectivity index (χ1n) is 10.8. The summed E-state index contributed by atoms with van der Waals surface area (Å²) < 4.78 is 0. The number of likely N-dealkylation sites (N-methyl/N-ethyl adjacent to an activating group) is 1. The SMILES string of the molecule is CN(CCc1ccccc1)C1CCN(C(=O)c2cc(CO)ccc2-c2nc[nH]n2)CC1.Cl. The topological polar surface area (TPSA) is 85.4 Å². The fourth-order valence-corrected chi connectivity index (χ4v) is 4.21. The van der Waals surface area contributed by atoms with Gasteiger partial charge < -0.3 is 14.9 Å². The first-order valence-corrected chi connectivity index (χ1v) is 10.8. The molecular weight excluding hydrogens is 426 g/mol. The molecule has 1 aliphatic rings. The molecule has 0 saturated carbocycles. The predicted molar refractivity (Wildman–Crippen MR) is 127 cm³/mol. The van der Waals surface area contributed by atoms with Crippen molar-refractivity contribution in [2.24, 2.45) is 0 Å². The van der Waals surface area contributed by atoms with E-state index in [4.69, 9.17) is 0 Å².